The van der Waals surface area contributed by atoms with Crippen LogP contribution in [0, 0.1) is 11.7 Å². The highest BCUT2D eigenvalue weighted by Gasteiger charge is 2.35. The molecule has 18 heteroatoms. The predicted octanol–water partition coefficient (Wildman–Crippen LogP) is 6.94. The summed E-state index contributed by atoms with van der Waals surface area (Å²) in [4.78, 5) is 34.7. The molecule has 0 spiro atoms. The van der Waals surface area contributed by atoms with E-state index in [0.29, 0.717) is 27.7 Å². The summed E-state index contributed by atoms with van der Waals surface area (Å²) in [6.45, 7) is 2.23. The fraction of sp³-hybridized carbons (Fsp3) is 0.300. The minimum Gasteiger partial charge on any atom is -0.323 e. The monoisotopic (exact) mass is 693 g/mol. The second-order valence-electron chi connectivity index (χ2n) is 10.7. The Balaban J connectivity index is 1.54. The molecule has 252 valence electrons. The van der Waals surface area contributed by atoms with E-state index in [0.717, 1.165) is 24.4 Å². The Morgan fingerprint density at radius 2 is 1.83 bits per heavy atom. The van der Waals surface area contributed by atoms with E-state index in [1.54, 1.807) is 13.8 Å². The molecule has 11 nitrogen and oxygen atoms in total. The van der Waals surface area contributed by atoms with Gasteiger partial charge in [0.1, 0.15) is 5.82 Å². The summed E-state index contributed by atoms with van der Waals surface area (Å²) in [5.41, 5.74) is -1.70. The lowest BCUT2D eigenvalue weighted by Crippen LogP contribution is -2.26. The Kier molecular flexibility index (Phi) is 9.70. The highest BCUT2D eigenvalue weighted by atomic mass is 35.5. The maximum atomic E-state index is 14.4. The number of hydrogen-bond donors (Lipinski definition) is 1. The van der Waals surface area contributed by atoms with Crippen molar-refractivity contribution < 1.29 is 31.1 Å². The molecule has 0 aliphatic rings. The van der Waals surface area contributed by atoms with Gasteiger partial charge in [0.2, 0.25) is 5.91 Å². The molecule has 5 aromatic rings. The van der Waals surface area contributed by atoms with Crippen molar-refractivity contribution in [2.45, 2.75) is 52.4 Å². The first kappa shape index (κ1) is 34.3. The van der Waals surface area contributed by atoms with Crippen LogP contribution in [0.3, 0.4) is 0 Å². The van der Waals surface area contributed by atoms with Crippen molar-refractivity contribution in [3.63, 3.8) is 0 Å². The zero-order valence-corrected chi connectivity index (χ0v) is 26.1. The molecule has 0 radical (unpaired) electrons. The van der Waals surface area contributed by atoms with Crippen LogP contribution in [0.1, 0.15) is 57.6 Å². The van der Waals surface area contributed by atoms with Crippen LogP contribution >= 0.6 is 11.6 Å². The molecule has 0 aliphatic heterocycles. The van der Waals surface area contributed by atoms with Gasteiger partial charge in [-0.2, -0.15) is 27.1 Å². The van der Waals surface area contributed by atoms with Crippen LogP contribution in [0.2, 0.25) is 5.02 Å². The Labute approximate surface area is 273 Å². The molecule has 2 atom stereocenters. The third kappa shape index (κ3) is 6.81. The van der Waals surface area contributed by atoms with Gasteiger partial charge in [0, 0.05) is 35.4 Å². The van der Waals surface area contributed by atoms with Gasteiger partial charge in [-0.25, -0.2) is 18.7 Å². The molecule has 0 bridgehead atoms. The van der Waals surface area contributed by atoms with E-state index >= 15 is 0 Å². The third-order valence-corrected chi connectivity index (χ3v) is 7.89. The van der Waals surface area contributed by atoms with Crippen molar-refractivity contribution in [2.75, 3.05) is 5.32 Å². The summed E-state index contributed by atoms with van der Waals surface area (Å²) in [6.07, 6.45) is 0.221. The Hall–Kier alpha value is -5.06. The van der Waals surface area contributed by atoms with Gasteiger partial charge in [-0.3, -0.25) is 19.1 Å². The van der Waals surface area contributed by atoms with Crippen molar-refractivity contribution in [1.82, 2.24) is 39.3 Å². The van der Waals surface area contributed by atoms with Gasteiger partial charge in [0.15, 0.2) is 5.69 Å². The van der Waals surface area contributed by atoms with Gasteiger partial charge in [-0.1, -0.05) is 37.6 Å². The number of carbonyl (C=O) groups is 1. The van der Waals surface area contributed by atoms with Crippen LogP contribution in [0.15, 0.2) is 60.0 Å². The van der Waals surface area contributed by atoms with Crippen LogP contribution in [-0.4, -0.2) is 45.2 Å². The average Bonchev–Trinajstić information content (AvgIpc) is 3.71. The van der Waals surface area contributed by atoms with Gasteiger partial charge >= 0.3 is 12.7 Å². The summed E-state index contributed by atoms with van der Waals surface area (Å²) >= 11 is 5.98. The molecule has 0 aliphatic carbocycles. The SMILES string of the molecule is CC[C@@H](C)C(=O)Nc1cnn(C(F)F)c1-c1ccnc([C@H](CC)n2cnc(-c3cc(Cl)c(F)cc3-n3cc(C(F)(F)F)nn3)cc2=O)c1. The predicted molar refractivity (Wildman–Crippen MR) is 162 cm³/mol. The maximum absolute atomic E-state index is 14.4. The molecule has 0 saturated heterocycles. The summed E-state index contributed by atoms with van der Waals surface area (Å²) in [5, 5.41) is 12.6. The number of nitrogens with zero attached hydrogens (tertiary/aromatic N) is 8. The number of hydrogen-bond acceptors (Lipinski definition) is 7. The van der Waals surface area contributed by atoms with Crippen molar-refractivity contribution in [3.8, 4) is 28.2 Å². The minimum absolute atomic E-state index is 0.00956. The number of nitrogens with one attached hydrogen (secondary N) is 1. The Morgan fingerprint density at radius 1 is 1.08 bits per heavy atom. The fourth-order valence-electron chi connectivity index (χ4n) is 4.89. The number of amides is 1. The van der Waals surface area contributed by atoms with Crippen LogP contribution < -0.4 is 10.9 Å². The van der Waals surface area contributed by atoms with E-state index in [1.165, 1.54) is 29.2 Å². The summed E-state index contributed by atoms with van der Waals surface area (Å²) in [7, 11) is 0. The lowest BCUT2D eigenvalue weighted by Gasteiger charge is -2.19. The normalized spacial score (nSPS) is 13.1. The molecule has 0 fully saturated rings. The lowest BCUT2D eigenvalue weighted by atomic mass is 10.0. The molecule has 48 heavy (non-hydrogen) atoms. The van der Waals surface area contributed by atoms with Crippen LogP contribution in [0.5, 0.6) is 0 Å². The first-order valence-corrected chi connectivity index (χ1v) is 14.8. The number of alkyl halides is 5. The van der Waals surface area contributed by atoms with E-state index in [2.05, 4.69) is 30.7 Å². The zero-order valence-electron chi connectivity index (χ0n) is 25.4. The standard InChI is InChI=1S/C30H26ClF6N9O2/c1-4-15(3)28(48)41-22-12-40-46(29(33)34)27(22)16-6-7-38-21(8-16)23(5-2)44-14-39-20(11-26(44)47)17-9-18(31)19(32)10-24(17)45-13-25(42-43-45)30(35,36)37/h6-15,23,29H,4-5H2,1-3H3,(H,41,48)/t15-,23+/m1/s1. The van der Waals surface area contributed by atoms with Crippen LogP contribution in [-0.2, 0) is 11.0 Å². The average molecular weight is 694 g/mol. The molecule has 4 heterocycles. The number of carbonyl (C=O) groups excluding carboxylic acids is 1. The maximum Gasteiger partial charge on any atom is 0.436 e. The van der Waals surface area contributed by atoms with Gasteiger partial charge in [-0.05, 0) is 31.0 Å². The van der Waals surface area contributed by atoms with Gasteiger partial charge in [0.25, 0.3) is 5.56 Å². The molecular weight excluding hydrogens is 668 g/mol. The molecular formula is C30H26ClF6N9O2. The van der Waals surface area contributed by atoms with E-state index in [4.69, 9.17) is 11.6 Å². The Morgan fingerprint density at radius 3 is 2.46 bits per heavy atom. The Bertz CT molecular complexity index is 2020. The summed E-state index contributed by atoms with van der Waals surface area (Å²) in [5.74, 6) is -1.72. The van der Waals surface area contributed by atoms with Crippen molar-refractivity contribution in [3.05, 3.63) is 87.8 Å². The van der Waals surface area contributed by atoms with E-state index < -0.39 is 35.8 Å². The molecule has 0 saturated carbocycles. The highest BCUT2D eigenvalue weighted by Crippen LogP contribution is 2.35. The molecule has 1 amide bonds. The molecule has 1 aromatic carbocycles. The van der Waals surface area contributed by atoms with Crippen molar-refractivity contribution >= 4 is 23.2 Å². The number of aromatic nitrogens is 8. The smallest absolute Gasteiger partial charge is 0.323 e. The van der Waals surface area contributed by atoms with E-state index in [-0.39, 0.29) is 57.2 Å². The van der Waals surface area contributed by atoms with Crippen LogP contribution in [0.4, 0.5) is 32.0 Å². The second kappa shape index (κ2) is 13.6. The highest BCUT2D eigenvalue weighted by molar-refractivity contribution is 6.31. The van der Waals surface area contributed by atoms with E-state index in [1.807, 2.05) is 6.92 Å². The molecule has 0 unspecified atom stereocenters. The minimum atomic E-state index is -4.81. The molecule has 5 rings (SSSR count). The number of pyridine rings is 1. The first-order chi connectivity index (χ1) is 22.7. The zero-order chi connectivity index (χ0) is 34.9. The number of anilines is 1. The fourth-order valence-corrected chi connectivity index (χ4v) is 5.05. The van der Waals surface area contributed by atoms with Gasteiger partial charge in [-0.15, -0.1) is 5.10 Å². The lowest BCUT2D eigenvalue weighted by molar-refractivity contribution is -0.141. The number of rotatable bonds is 10. The summed E-state index contributed by atoms with van der Waals surface area (Å²) in [6, 6.07) is 5.21. The first-order valence-electron chi connectivity index (χ1n) is 14.4. The van der Waals surface area contributed by atoms with Crippen LogP contribution in [0.25, 0.3) is 28.2 Å². The second-order valence-corrected chi connectivity index (χ2v) is 11.1. The van der Waals surface area contributed by atoms with Gasteiger partial charge < -0.3 is 5.32 Å². The largest absolute Gasteiger partial charge is 0.436 e. The number of benzene rings is 1. The van der Waals surface area contributed by atoms with Crippen molar-refractivity contribution in [2.24, 2.45) is 5.92 Å². The van der Waals surface area contributed by atoms with Gasteiger partial charge in [0.05, 0.1) is 58.2 Å². The van der Waals surface area contributed by atoms with Crippen molar-refractivity contribution in [1.29, 1.82) is 0 Å². The topological polar surface area (TPSA) is 125 Å². The molecule has 4 aromatic heterocycles. The van der Waals surface area contributed by atoms with E-state index in [9.17, 15) is 35.9 Å². The number of halogens is 7. The quantitative estimate of drug-likeness (QED) is 0.157. The third-order valence-electron chi connectivity index (χ3n) is 7.60. The molecule has 1 N–H and O–H groups in total. The summed E-state index contributed by atoms with van der Waals surface area (Å²) < 4.78 is 84.3.